The predicted molar refractivity (Wildman–Crippen MR) is 153 cm³/mol. The number of hydrogen-bond acceptors (Lipinski definition) is 6. The summed E-state index contributed by atoms with van der Waals surface area (Å²) in [6.45, 7) is 5.04. The SMILES string of the molecule is CCCCCCCCNc1nc2ccc(C)cn2c(=O)c1/C=C1/SC(=S)N(Cc2ccc(F)cc2)C1=O. The number of unbranched alkanes of at least 4 members (excludes halogenated alkanes) is 5. The van der Waals surface area contributed by atoms with Crippen molar-refractivity contribution in [3.05, 3.63) is 80.4 Å². The summed E-state index contributed by atoms with van der Waals surface area (Å²) < 4.78 is 15.2. The van der Waals surface area contributed by atoms with Crippen LogP contribution in [0.15, 0.2) is 52.3 Å². The van der Waals surface area contributed by atoms with Crippen molar-refractivity contribution in [1.29, 1.82) is 0 Å². The normalized spacial score (nSPS) is 14.8. The van der Waals surface area contributed by atoms with Crippen LogP contribution in [0, 0.1) is 12.7 Å². The summed E-state index contributed by atoms with van der Waals surface area (Å²) in [5.74, 6) is -0.157. The van der Waals surface area contributed by atoms with Crippen LogP contribution in [0.3, 0.4) is 0 Å². The van der Waals surface area contributed by atoms with E-state index in [0.717, 1.165) is 35.7 Å². The maximum Gasteiger partial charge on any atom is 0.267 e. The zero-order chi connectivity index (χ0) is 26.4. The van der Waals surface area contributed by atoms with Crippen LogP contribution in [0.25, 0.3) is 11.7 Å². The standard InChI is InChI=1S/C28H31FN4O2S2/c1-3-4-5-6-7-8-15-30-25-22(26(34)32-17-19(2)9-14-24(32)31-25)16-23-27(35)33(28(36)37-23)18-20-10-12-21(29)13-11-20/h9-14,16-17,30H,3-8,15,18H2,1-2H3/b23-16+. The molecule has 1 aliphatic heterocycles. The zero-order valence-electron chi connectivity index (χ0n) is 21.1. The first-order valence-corrected chi connectivity index (χ1v) is 13.9. The van der Waals surface area contributed by atoms with Crippen molar-refractivity contribution in [3.63, 3.8) is 0 Å². The van der Waals surface area contributed by atoms with Crippen LogP contribution in [0.4, 0.5) is 10.2 Å². The van der Waals surface area contributed by atoms with Gasteiger partial charge >= 0.3 is 0 Å². The third kappa shape index (κ3) is 6.64. The lowest BCUT2D eigenvalue weighted by Crippen LogP contribution is -2.27. The van der Waals surface area contributed by atoms with E-state index in [1.165, 1.54) is 47.1 Å². The van der Waals surface area contributed by atoms with E-state index >= 15 is 0 Å². The van der Waals surface area contributed by atoms with Gasteiger partial charge in [0.15, 0.2) is 0 Å². The van der Waals surface area contributed by atoms with Gasteiger partial charge in [0, 0.05) is 12.7 Å². The number of nitrogens with one attached hydrogen (secondary N) is 1. The fraction of sp³-hybridized carbons (Fsp3) is 0.357. The first-order chi connectivity index (χ1) is 17.9. The molecular weight excluding hydrogens is 507 g/mol. The average molecular weight is 539 g/mol. The minimum absolute atomic E-state index is 0.236. The van der Waals surface area contributed by atoms with E-state index in [9.17, 15) is 14.0 Å². The number of halogens is 1. The fourth-order valence-corrected chi connectivity index (χ4v) is 5.41. The zero-order valence-corrected chi connectivity index (χ0v) is 22.8. The van der Waals surface area contributed by atoms with Crippen molar-refractivity contribution >= 4 is 51.7 Å². The first-order valence-electron chi connectivity index (χ1n) is 12.6. The molecule has 1 aliphatic rings. The minimum Gasteiger partial charge on any atom is -0.369 e. The third-order valence-electron chi connectivity index (χ3n) is 6.23. The molecule has 194 valence electrons. The Bertz CT molecular complexity index is 1390. The molecule has 37 heavy (non-hydrogen) atoms. The maximum atomic E-state index is 13.5. The average Bonchev–Trinajstić information content (AvgIpc) is 3.14. The molecule has 1 fully saturated rings. The molecule has 1 aromatic carbocycles. The number of carbonyl (C=O) groups is 1. The Morgan fingerprint density at radius 2 is 1.78 bits per heavy atom. The number of pyridine rings is 1. The number of thioether (sulfide) groups is 1. The molecule has 0 radical (unpaired) electrons. The van der Waals surface area contributed by atoms with Crippen LogP contribution in [0.5, 0.6) is 0 Å². The van der Waals surface area contributed by atoms with Crippen LogP contribution in [-0.2, 0) is 11.3 Å². The van der Waals surface area contributed by atoms with Crippen LogP contribution in [0.1, 0.15) is 62.1 Å². The number of amides is 1. The van der Waals surface area contributed by atoms with E-state index in [-0.39, 0.29) is 23.8 Å². The Labute approximate surface area is 226 Å². The topological polar surface area (TPSA) is 66.7 Å². The molecule has 0 bridgehead atoms. The molecule has 0 spiro atoms. The number of aromatic nitrogens is 2. The number of hydrogen-bond donors (Lipinski definition) is 1. The van der Waals surface area contributed by atoms with E-state index < -0.39 is 0 Å². The van der Waals surface area contributed by atoms with Gasteiger partial charge < -0.3 is 5.32 Å². The van der Waals surface area contributed by atoms with Gasteiger partial charge in [-0.1, -0.05) is 81.2 Å². The summed E-state index contributed by atoms with van der Waals surface area (Å²) in [6, 6.07) is 9.70. The van der Waals surface area contributed by atoms with Crippen LogP contribution < -0.4 is 10.9 Å². The van der Waals surface area contributed by atoms with Gasteiger partial charge in [0.2, 0.25) is 0 Å². The Balaban J connectivity index is 1.60. The van der Waals surface area contributed by atoms with Gasteiger partial charge in [0.05, 0.1) is 17.0 Å². The second-order valence-corrected chi connectivity index (χ2v) is 10.9. The van der Waals surface area contributed by atoms with Crippen LogP contribution >= 0.6 is 24.0 Å². The Hall–Kier alpha value is -3.04. The highest BCUT2D eigenvalue weighted by molar-refractivity contribution is 8.26. The molecule has 0 saturated carbocycles. The van der Waals surface area contributed by atoms with Crippen molar-refractivity contribution in [1.82, 2.24) is 14.3 Å². The quantitative estimate of drug-likeness (QED) is 0.175. The predicted octanol–water partition coefficient (Wildman–Crippen LogP) is 6.32. The number of benzene rings is 1. The number of rotatable bonds is 11. The minimum atomic E-state index is -0.338. The molecule has 1 saturated heterocycles. The van der Waals surface area contributed by atoms with Crippen molar-refractivity contribution in [2.24, 2.45) is 0 Å². The molecule has 9 heteroatoms. The molecule has 3 aromatic rings. The molecule has 0 unspecified atom stereocenters. The Morgan fingerprint density at radius 1 is 1.05 bits per heavy atom. The highest BCUT2D eigenvalue weighted by Crippen LogP contribution is 2.34. The molecular formula is C28H31FN4O2S2. The lowest BCUT2D eigenvalue weighted by atomic mass is 10.1. The highest BCUT2D eigenvalue weighted by atomic mass is 32.2. The number of nitrogens with zero attached hydrogens (tertiary/aromatic N) is 3. The Morgan fingerprint density at radius 3 is 2.54 bits per heavy atom. The van der Waals surface area contributed by atoms with Gasteiger partial charge in [-0.2, -0.15) is 0 Å². The molecule has 4 rings (SSSR count). The van der Waals surface area contributed by atoms with Gasteiger partial charge in [-0.05, 0) is 48.7 Å². The number of aryl methyl sites for hydroxylation is 1. The van der Waals surface area contributed by atoms with Crippen LogP contribution in [-0.4, -0.2) is 31.1 Å². The lowest BCUT2D eigenvalue weighted by Gasteiger charge is -2.14. The third-order valence-corrected chi connectivity index (χ3v) is 7.61. The van der Waals surface area contributed by atoms with Gasteiger partial charge in [0.1, 0.15) is 21.6 Å². The van der Waals surface area contributed by atoms with Gasteiger partial charge in [-0.25, -0.2) is 9.37 Å². The number of fused-ring (bicyclic) bond motifs is 1. The van der Waals surface area contributed by atoms with Gasteiger partial charge in [-0.15, -0.1) is 0 Å². The van der Waals surface area contributed by atoms with E-state index in [1.54, 1.807) is 24.4 Å². The second-order valence-electron chi connectivity index (χ2n) is 9.20. The Kier molecular flexibility index (Phi) is 9.10. The molecule has 1 N–H and O–H groups in total. The second kappa shape index (κ2) is 12.5. The van der Waals surface area contributed by atoms with Crippen molar-refractivity contribution in [2.75, 3.05) is 11.9 Å². The molecule has 1 amide bonds. The number of thiocarbonyl (C=S) groups is 1. The molecule has 0 atom stereocenters. The van der Waals surface area contributed by atoms with E-state index in [1.807, 2.05) is 19.1 Å². The molecule has 0 aliphatic carbocycles. The van der Waals surface area contributed by atoms with Gasteiger partial charge in [-0.3, -0.25) is 18.9 Å². The fourth-order valence-electron chi connectivity index (χ4n) is 4.18. The monoisotopic (exact) mass is 538 g/mol. The smallest absolute Gasteiger partial charge is 0.267 e. The number of anilines is 1. The summed E-state index contributed by atoms with van der Waals surface area (Å²) in [4.78, 5) is 33.3. The summed E-state index contributed by atoms with van der Waals surface area (Å²) >= 11 is 6.62. The summed E-state index contributed by atoms with van der Waals surface area (Å²) in [5.41, 5.74) is 2.32. The van der Waals surface area contributed by atoms with Gasteiger partial charge in [0.25, 0.3) is 11.5 Å². The summed E-state index contributed by atoms with van der Waals surface area (Å²) in [7, 11) is 0. The van der Waals surface area contributed by atoms with Crippen LogP contribution in [0.2, 0.25) is 0 Å². The molecule has 2 aromatic heterocycles. The van der Waals surface area contributed by atoms with Crippen molar-refractivity contribution in [2.45, 2.75) is 58.9 Å². The van der Waals surface area contributed by atoms with Crippen molar-refractivity contribution < 1.29 is 9.18 Å². The lowest BCUT2D eigenvalue weighted by molar-refractivity contribution is -0.122. The summed E-state index contributed by atoms with van der Waals surface area (Å²) in [5, 5.41) is 3.34. The largest absolute Gasteiger partial charge is 0.369 e. The van der Waals surface area contributed by atoms with E-state index in [0.29, 0.717) is 32.8 Å². The molecule has 3 heterocycles. The first kappa shape index (κ1) is 27.0. The number of carbonyl (C=O) groups excluding carboxylic acids is 1. The van der Waals surface area contributed by atoms with E-state index in [2.05, 4.69) is 12.2 Å². The van der Waals surface area contributed by atoms with Crippen molar-refractivity contribution in [3.8, 4) is 0 Å². The maximum absolute atomic E-state index is 13.5. The summed E-state index contributed by atoms with van der Waals surface area (Å²) in [6.07, 6.45) is 10.3. The molecule has 6 nitrogen and oxygen atoms in total. The highest BCUT2D eigenvalue weighted by Gasteiger charge is 2.32. The van der Waals surface area contributed by atoms with E-state index in [4.69, 9.17) is 17.2 Å².